The first-order valence-electron chi connectivity index (χ1n) is 45.9. The number of nitrogens with zero attached hydrogens (tertiary/aromatic N) is 2. The van der Waals surface area contributed by atoms with E-state index < -0.39 is 0 Å². The number of hydrogen-bond acceptors (Lipinski definition) is 15. The Balaban J connectivity index is 0.000000127. The number of H-pyrrole nitrogens is 4. The molecule has 5 heterocycles. The Morgan fingerprint density at radius 1 is 0.241 bits per heavy atom. The molecular weight excluding hydrogens is 1760 g/mol. The Bertz CT molecular complexity index is 7140. The predicted molar refractivity (Wildman–Crippen MR) is 576 cm³/mol. The average Bonchev–Trinajstić information content (AvgIpc) is 1.69. The molecule has 18 aromatic rings. The highest BCUT2D eigenvalue weighted by Gasteiger charge is 2.27. The van der Waals surface area contributed by atoms with E-state index in [1.54, 1.807) is 99.4 Å². The number of hydrogen-bond donors (Lipinski definition) is 5. The van der Waals surface area contributed by atoms with Gasteiger partial charge in [0, 0.05) is 114 Å². The molecule has 0 fully saturated rings. The van der Waals surface area contributed by atoms with E-state index in [1.807, 2.05) is 127 Å². The topological polar surface area (TPSA) is 211 Å². The first-order chi connectivity index (χ1) is 68.9. The highest BCUT2D eigenvalue weighted by Crippen LogP contribution is 2.46. The molecule has 5 N–H and O–H groups in total. The molecule has 0 saturated carbocycles. The SMILES string of the molecule is C=C(c1cccc(-c2cc3ccccc3[nH]2)c1)c1cc(OC)c(OC)c(OC)c1.C=C(c1cccc(-c2cc3ccccc3[nH]2)c1)c1cc(OC)c(OC)c(OC)c1.C=C(c1ccccc1)c1cccc(C2=CC3C=CC=CC3N2)c1.CN=C(c1cccc(-c2cc3ccccc3[nH]2)c1)c1cc(OC)c(OC)c(OC)c1.CN=C(c1cccc(-c2cc3ccccc3[nH]2)c1)c1cc(OC)c(OC)c(OC)c1. The normalized spacial score (nSPS) is 12.8. The van der Waals surface area contributed by atoms with Gasteiger partial charge in [0.15, 0.2) is 46.0 Å². The number of aromatic nitrogens is 4. The molecular formula is C122H113N7O12. The number of para-hydroxylation sites is 4. The van der Waals surface area contributed by atoms with E-state index in [4.69, 9.17) is 56.8 Å². The van der Waals surface area contributed by atoms with Gasteiger partial charge in [-0.1, -0.05) is 244 Å². The van der Waals surface area contributed by atoms with Crippen LogP contribution < -0.4 is 62.2 Å². The summed E-state index contributed by atoms with van der Waals surface area (Å²) < 4.78 is 65.7. The monoisotopic (exact) mass is 1870 g/mol. The lowest BCUT2D eigenvalue weighted by molar-refractivity contribution is 0.324. The molecule has 0 radical (unpaired) electrons. The van der Waals surface area contributed by atoms with E-state index in [-0.39, 0.29) is 0 Å². The Morgan fingerprint density at radius 2 is 0.496 bits per heavy atom. The van der Waals surface area contributed by atoms with Crippen molar-refractivity contribution < 1.29 is 56.8 Å². The lowest BCUT2D eigenvalue weighted by atomic mass is 9.96. The zero-order chi connectivity index (χ0) is 98.6. The summed E-state index contributed by atoms with van der Waals surface area (Å²) in [7, 11) is 22.8. The molecule has 20 rings (SSSR count). The number of aliphatic imine (C=N–C) groups is 2. The summed E-state index contributed by atoms with van der Waals surface area (Å²) in [6, 6.07) is 110. The molecule has 2 atom stereocenters. The molecule has 141 heavy (non-hydrogen) atoms. The van der Waals surface area contributed by atoms with E-state index in [1.165, 1.54) is 32.8 Å². The summed E-state index contributed by atoms with van der Waals surface area (Å²) in [4.78, 5) is 23.1. The van der Waals surface area contributed by atoms with Crippen LogP contribution in [0.4, 0.5) is 0 Å². The lowest BCUT2D eigenvalue weighted by Crippen LogP contribution is -2.25. The highest BCUT2D eigenvalue weighted by atomic mass is 16.6. The van der Waals surface area contributed by atoms with Crippen molar-refractivity contribution >= 4 is 77.5 Å². The summed E-state index contributed by atoms with van der Waals surface area (Å²) in [5, 5.41) is 8.36. The number of aromatic amines is 4. The number of methoxy groups -OCH3 is 12. The fourth-order valence-electron chi connectivity index (χ4n) is 17.7. The third-order valence-electron chi connectivity index (χ3n) is 24.9. The van der Waals surface area contributed by atoms with Crippen LogP contribution in [-0.2, 0) is 0 Å². The third kappa shape index (κ3) is 21.5. The van der Waals surface area contributed by atoms with Gasteiger partial charge >= 0.3 is 0 Å². The summed E-state index contributed by atoms with van der Waals surface area (Å²) >= 11 is 0. The third-order valence-corrected chi connectivity index (χ3v) is 24.9. The fraction of sp³-hybridized carbons (Fsp3) is 0.131. The molecule has 0 spiro atoms. The second-order valence-electron chi connectivity index (χ2n) is 33.2. The lowest BCUT2D eigenvalue weighted by Gasteiger charge is -2.16. The van der Waals surface area contributed by atoms with Gasteiger partial charge in [0.2, 0.25) is 23.0 Å². The van der Waals surface area contributed by atoms with Crippen LogP contribution in [0.5, 0.6) is 69.0 Å². The van der Waals surface area contributed by atoms with E-state index in [0.29, 0.717) is 81.0 Å². The van der Waals surface area contributed by atoms with Crippen molar-refractivity contribution in [1.82, 2.24) is 25.3 Å². The summed E-state index contributed by atoms with van der Waals surface area (Å²) in [5.74, 6) is 7.53. The number of nitrogens with one attached hydrogen (secondary N) is 5. The van der Waals surface area contributed by atoms with Gasteiger partial charge < -0.3 is 82.1 Å². The van der Waals surface area contributed by atoms with Gasteiger partial charge in [0.05, 0.1) is 103 Å². The van der Waals surface area contributed by atoms with Crippen molar-refractivity contribution in [1.29, 1.82) is 0 Å². The largest absolute Gasteiger partial charge is 0.493 e. The minimum Gasteiger partial charge on any atom is -0.493 e. The standard InChI is InChI=1S/2C25H24N2O3.2C25H23NO3.C22H19N/c2*1-26-24(19-14-22(28-2)25(30-4)23(15-19)29-3)18-10-7-9-16(12-18)21-13-17-8-5-6-11-20(17)27-21;2*1-16(20-14-23(27-2)25(29-4)24(15-20)28-3)17-9-7-10-18(12-17)22-13-19-8-5-6-11-21(19)26-22;1-16(17-8-3-2-4-9-17)18-11-7-12-19(14-18)22-15-20-10-5-6-13-21(20)23-22/h2*5-15,27H,1-4H3;2*5-15,26H,1H2,2-4H3;2-15,20-21,23H,1H2. The zero-order valence-corrected chi connectivity index (χ0v) is 81.6. The van der Waals surface area contributed by atoms with Crippen LogP contribution in [0.2, 0.25) is 0 Å². The van der Waals surface area contributed by atoms with Gasteiger partial charge in [-0.05, 0) is 205 Å². The van der Waals surface area contributed by atoms with Gasteiger partial charge in [-0.2, -0.15) is 0 Å². The molecule has 708 valence electrons. The van der Waals surface area contributed by atoms with Crippen LogP contribution in [0, 0.1) is 5.92 Å². The number of ether oxygens (including phenoxy) is 12. The van der Waals surface area contributed by atoms with Crippen LogP contribution >= 0.6 is 0 Å². The maximum absolute atomic E-state index is 5.51. The fourth-order valence-corrected chi connectivity index (χ4v) is 17.7. The molecule has 1 aliphatic heterocycles. The molecule has 1 aliphatic carbocycles. The van der Waals surface area contributed by atoms with Crippen molar-refractivity contribution in [3.63, 3.8) is 0 Å². The molecule has 0 saturated heterocycles. The Hall–Kier alpha value is -17.6. The average molecular weight is 1870 g/mol. The van der Waals surface area contributed by atoms with Crippen molar-refractivity contribution in [2.45, 2.75) is 6.04 Å². The first kappa shape index (κ1) is 96.5. The number of rotatable bonds is 27. The maximum atomic E-state index is 5.51. The first-order valence-corrected chi connectivity index (χ1v) is 45.9. The zero-order valence-electron chi connectivity index (χ0n) is 81.6. The van der Waals surface area contributed by atoms with Gasteiger partial charge in [0.25, 0.3) is 0 Å². The second kappa shape index (κ2) is 44.9. The summed E-state index contributed by atoms with van der Waals surface area (Å²) in [6.45, 7) is 12.9. The molecule has 19 nitrogen and oxygen atoms in total. The molecule has 2 unspecified atom stereocenters. The summed E-state index contributed by atoms with van der Waals surface area (Å²) in [5.41, 5.74) is 30.1. The number of fused-ring (bicyclic) bond motifs is 5. The minimum atomic E-state index is 0.385. The van der Waals surface area contributed by atoms with Crippen LogP contribution in [-0.4, -0.2) is 137 Å². The molecule has 14 aromatic carbocycles. The van der Waals surface area contributed by atoms with E-state index in [2.05, 4.69) is 279 Å². The van der Waals surface area contributed by atoms with Crippen LogP contribution in [0.3, 0.4) is 0 Å². The molecule has 4 aromatic heterocycles. The van der Waals surface area contributed by atoms with E-state index >= 15 is 0 Å². The predicted octanol–water partition coefficient (Wildman–Crippen LogP) is 27.3. The van der Waals surface area contributed by atoms with Gasteiger partial charge in [-0.25, -0.2) is 0 Å². The number of allylic oxidation sites excluding steroid dienone is 2. The number of benzene rings is 14. The van der Waals surface area contributed by atoms with Crippen molar-refractivity contribution in [2.75, 3.05) is 99.4 Å². The van der Waals surface area contributed by atoms with Crippen molar-refractivity contribution in [2.24, 2.45) is 15.9 Å². The van der Waals surface area contributed by atoms with E-state index in [0.717, 1.165) is 151 Å². The van der Waals surface area contributed by atoms with Crippen LogP contribution in [0.1, 0.15) is 61.2 Å². The smallest absolute Gasteiger partial charge is 0.203 e. The minimum absolute atomic E-state index is 0.385. The Morgan fingerprint density at radius 3 is 0.787 bits per heavy atom. The Labute approximate surface area is 822 Å². The van der Waals surface area contributed by atoms with E-state index in [9.17, 15) is 0 Å². The molecule has 0 amide bonds. The van der Waals surface area contributed by atoms with Crippen molar-refractivity contribution in [3.05, 3.63) is 433 Å². The van der Waals surface area contributed by atoms with Crippen LogP contribution in [0.25, 0.3) is 111 Å². The second-order valence-corrected chi connectivity index (χ2v) is 33.2. The Kier molecular flexibility index (Phi) is 30.8. The quantitative estimate of drug-likeness (QED) is 0.0304. The molecule has 0 bridgehead atoms. The van der Waals surface area contributed by atoms with Crippen molar-refractivity contribution in [3.8, 4) is 114 Å². The summed E-state index contributed by atoms with van der Waals surface area (Å²) in [6.07, 6.45) is 11.0. The van der Waals surface area contributed by atoms with Gasteiger partial charge in [0.1, 0.15) is 0 Å². The highest BCUT2D eigenvalue weighted by molar-refractivity contribution is 6.15. The van der Waals surface area contributed by atoms with Gasteiger partial charge in [-0.15, -0.1) is 0 Å². The molecule has 2 aliphatic rings. The molecule has 19 heteroatoms. The van der Waals surface area contributed by atoms with Gasteiger partial charge in [-0.3, -0.25) is 9.98 Å². The maximum Gasteiger partial charge on any atom is 0.203 e. The van der Waals surface area contributed by atoms with Crippen LogP contribution in [0.15, 0.2) is 382 Å².